The molecule has 2 heteroatoms. The first-order valence-electron chi connectivity index (χ1n) is 18.4. The monoisotopic (exact) mass is 678 g/mol. The van der Waals surface area contributed by atoms with Crippen molar-refractivity contribution in [1.29, 1.82) is 0 Å². The van der Waals surface area contributed by atoms with E-state index in [1.54, 1.807) is 0 Å². The van der Waals surface area contributed by atoms with Gasteiger partial charge in [0.1, 0.15) is 0 Å². The predicted molar refractivity (Wildman–Crippen MR) is 224 cm³/mol. The first-order chi connectivity index (χ1) is 26.1. The van der Waals surface area contributed by atoms with Crippen LogP contribution in [0.1, 0.15) is 25.0 Å². The average molecular weight is 679 g/mol. The lowest BCUT2D eigenvalue weighted by Crippen LogP contribution is -2.17. The Kier molecular flexibility index (Phi) is 7.19. The number of aromatic nitrogens is 1. The van der Waals surface area contributed by atoms with Gasteiger partial charge in [0.05, 0.1) is 16.7 Å². The zero-order chi connectivity index (χ0) is 35.5. The SMILES string of the molecule is CC1(C)c2ccccc2-c2ccc(N(c3ccc4c5ccccc5n(-c5ccccc5)c4c3)c3cc(-c4ccccc4)ccc3-c3ccccc3)cc21. The van der Waals surface area contributed by atoms with Crippen molar-refractivity contribution in [3.63, 3.8) is 0 Å². The molecule has 252 valence electrons. The number of nitrogens with zero attached hydrogens (tertiary/aromatic N) is 2. The van der Waals surface area contributed by atoms with Crippen LogP contribution in [0.3, 0.4) is 0 Å². The number of para-hydroxylation sites is 2. The van der Waals surface area contributed by atoms with Crippen molar-refractivity contribution in [3.8, 4) is 39.1 Å². The fourth-order valence-electron chi connectivity index (χ4n) is 8.60. The third kappa shape index (κ3) is 5.02. The molecular weight excluding hydrogens is 641 g/mol. The van der Waals surface area contributed by atoms with Crippen molar-refractivity contribution < 1.29 is 0 Å². The molecule has 1 aliphatic rings. The lowest BCUT2D eigenvalue weighted by Gasteiger charge is -2.30. The van der Waals surface area contributed by atoms with Gasteiger partial charge in [-0.15, -0.1) is 0 Å². The number of fused-ring (bicyclic) bond motifs is 6. The molecule has 1 aliphatic carbocycles. The molecule has 0 unspecified atom stereocenters. The van der Waals surface area contributed by atoms with E-state index in [-0.39, 0.29) is 5.41 Å². The van der Waals surface area contributed by atoms with Crippen molar-refractivity contribution in [2.24, 2.45) is 0 Å². The number of benzene rings is 8. The minimum Gasteiger partial charge on any atom is -0.310 e. The summed E-state index contributed by atoms with van der Waals surface area (Å²) in [5, 5.41) is 2.48. The maximum absolute atomic E-state index is 2.49. The third-order valence-corrected chi connectivity index (χ3v) is 11.2. The molecule has 2 nitrogen and oxygen atoms in total. The molecule has 0 N–H and O–H groups in total. The maximum Gasteiger partial charge on any atom is 0.0561 e. The number of hydrogen-bond donors (Lipinski definition) is 0. The first-order valence-corrected chi connectivity index (χ1v) is 18.4. The lowest BCUT2D eigenvalue weighted by atomic mass is 9.82. The van der Waals surface area contributed by atoms with E-state index < -0.39 is 0 Å². The van der Waals surface area contributed by atoms with E-state index in [9.17, 15) is 0 Å². The summed E-state index contributed by atoms with van der Waals surface area (Å²) in [6.07, 6.45) is 0. The Morgan fingerprint density at radius 3 is 1.77 bits per heavy atom. The molecule has 0 saturated carbocycles. The summed E-state index contributed by atoms with van der Waals surface area (Å²) in [6.45, 7) is 4.73. The Hall–Kier alpha value is -6.64. The summed E-state index contributed by atoms with van der Waals surface area (Å²) in [4.78, 5) is 2.49. The van der Waals surface area contributed by atoms with Gasteiger partial charge in [-0.2, -0.15) is 0 Å². The van der Waals surface area contributed by atoms with Crippen molar-refractivity contribution in [1.82, 2.24) is 4.57 Å². The van der Waals surface area contributed by atoms with Crippen LogP contribution in [0.15, 0.2) is 194 Å². The van der Waals surface area contributed by atoms with Gasteiger partial charge in [0.2, 0.25) is 0 Å². The summed E-state index contributed by atoms with van der Waals surface area (Å²) in [7, 11) is 0. The normalized spacial score (nSPS) is 12.9. The van der Waals surface area contributed by atoms with Gasteiger partial charge in [-0.05, 0) is 87.5 Å². The molecule has 0 bridgehead atoms. The molecule has 0 saturated heterocycles. The van der Waals surface area contributed by atoms with E-state index in [1.807, 2.05) is 0 Å². The van der Waals surface area contributed by atoms with Gasteiger partial charge in [0.25, 0.3) is 0 Å². The van der Waals surface area contributed by atoms with E-state index in [1.165, 1.54) is 66.3 Å². The highest BCUT2D eigenvalue weighted by atomic mass is 15.1. The Balaban J connectivity index is 1.28. The topological polar surface area (TPSA) is 8.17 Å². The lowest BCUT2D eigenvalue weighted by molar-refractivity contribution is 0.660. The zero-order valence-corrected chi connectivity index (χ0v) is 29.9. The molecule has 53 heavy (non-hydrogen) atoms. The highest BCUT2D eigenvalue weighted by molar-refractivity contribution is 6.10. The van der Waals surface area contributed by atoms with Crippen molar-refractivity contribution in [2.45, 2.75) is 19.3 Å². The van der Waals surface area contributed by atoms with Crippen LogP contribution in [0.4, 0.5) is 17.1 Å². The van der Waals surface area contributed by atoms with Crippen LogP contribution in [0.5, 0.6) is 0 Å². The van der Waals surface area contributed by atoms with Gasteiger partial charge in [-0.1, -0.05) is 159 Å². The molecule has 0 spiro atoms. The van der Waals surface area contributed by atoms with Crippen LogP contribution in [-0.4, -0.2) is 4.57 Å². The molecule has 0 atom stereocenters. The Bertz CT molecular complexity index is 2790. The minimum absolute atomic E-state index is 0.133. The van der Waals surface area contributed by atoms with E-state index in [0.29, 0.717) is 0 Å². The Labute approximate surface area is 310 Å². The second-order valence-electron chi connectivity index (χ2n) is 14.6. The fraction of sp³-hybridized carbons (Fsp3) is 0.0588. The van der Waals surface area contributed by atoms with Crippen molar-refractivity contribution in [3.05, 3.63) is 205 Å². The molecule has 9 aromatic rings. The molecule has 0 amide bonds. The smallest absolute Gasteiger partial charge is 0.0561 e. The Morgan fingerprint density at radius 1 is 0.396 bits per heavy atom. The zero-order valence-electron chi connectivity index (χ0n) is 29.9. The van der Waals surface area contributed by atoms with E-state index in [4.69, 9.17) is 0 Å². The first kappa shape index (κ1) is 31.1. The number of anilines is 3. The van der Waals surface area contributed by atoms with Crippen LogP contribution >= 0.6 is 0 Å². The van der Waals surface area contributed by atoms with Gasteiger partial charge in [0, 0.05) is 38.8 Å². The van der Waals surface area contributed by atoms with Crippen LogP contribution < -0.4 is 4.90 Å². The highest BCUT2D eigenvalue weighted by Crippen LogP contribution is 2.52. The second kappa shape index (κ2) is 12.3. The van der Waals surface area contributed by atoms with E-state index >= 15 is 0 Å². The molecule has 0 fully saturated rings. The largest absolute Gasteiger partial charge is 0.310 e. The third-order valence-electron chi connectivity index (χ3n) is 11.2. The molecule has 0 aliphatic heterocycles. The summed E-state index contributed by atoms with van der Waals surface area (Å²) in [5.74, 6) is 0. The summed E-state index contributed by atoms with van der Waals surface area (Å²) in [6, 6.07) is 70.9. The standard InChI is InChI=1S/C51H38N2/c1-51(2)46-24-14-12-22-42(46)43-30-27-39(33-47(43)51)52(49-32-37(35-16-6-3-7-17-35)26-29-41(49)36-18-8-4-9-19-36)40-28-31-45-44-23-13-15-25-48(44)53(50(45)34-40)38-20-10-5-11-21-38/h3-34H,1-2H3. The summed E-state index contributed by atoms with van der Waals surface area (Å²) < 4.78 is 2.41. The molecule has 8 aromatic carbocycles. The molecular formula is C51H38N2. The Morgan fingerprint density at radius 2 is 0.981 bits per heavy atom. The van der Waals surface area contributed by atoms with E-state index in [2.05, 4.69) is 217 Å². The quantitative estimate of drug-likeness (QED) is 0.170. The molecule has 10 rings (SSSR count). The van der Waals surface area contributed by atoms with Gasteiger partial charge in [-0.3, -0.25) is 0 Å². The van der Waals surface area contributed by atoms with Crippen molar-refractivity contribution >= 4 is 38.9 Å². The average Bonchev–Trinajstić information content (AvgIpc) is 3.67. The fourth-order valence-corrected chi connectivity index (χ4v) is 8.60. The maximum atomic E-state index is 2.49. The van der Waals surface area contributed by atoms with Gasteiger partial charge in [0.15, 0.2) is 0 Å². The van der Waals surface area contributed by atoms with Crippen LogP contribution in [0.25, 0.3) is 60.9 Å². The van der Waals surface area contributed by atoms with Gasteiger partial charge in [-0.25, -0.2) is 0 Å². The van der Waals surface area contributed by atoms with Crippen molar-refractivity contribution in [2.75, 3.05) is 4.90 Å². The molecule has 0 radical (unpaired) electrons. The number of rotatable bonds is 6. The predicted octanol–water partition coefficient (Wildman–Crippen LogP) is 13.9. The summed E-state index contributed by atoms with van der Waals surface area (Å²) in [5.41, 5.74) is 16.9. The molecule has 1 heterocycles. The summed E-state index contributed by atoms with van der Waals surface area (Å²) >= 11 is 0. The van der Waals surface area contributed by atoms with E-state index in [0.717, 1.165) is 22.7 Å². The van der Waals surface area contributed by atoms with Crippen LogP contribution in [0, 0.1) is 0 Å². The van der Waals surface area contributed by atoms with Crippen LogP contribution in [0.2, 0.25) is 0 Å². The number of hydrogen-bond acceptors (Lipinski definition) is 1. The molecule has 1 aromatic heterocycles. The minimum atomic E-state index is -0.133. The second-order valence-corrected chi connectivity index (χ2v) is 14.6. The van der Waals surface area contributed by atoms with Gasteiger partial charge < -0.3 is 9.47 Å². The highest BCUT2D eigenvalue weighted by Gasteiger charge is 2.36. The van der Waals surface area contributed by atoms with Crippen LogP contribution in [-0.2, 0) is 5.41 Å². The van der Waals surface area contributed by atoms with Gasteiger partial charge >= 0.3 is 0 Å².